The van der Waals surface area contributed by atoms with Gasteiger partial charge in [0.1, 0.15) is 3.70 Å². The van der Waals surface area contributed by atoms with Crippen LogP contribution in [0.25, 0.3) is 0 Å². The van der Waals surface area contributed by atoms with Crippen LogP contribution < -0.4 is 0 Å². The summed E-state index contributed by atoms with van der Waals surface area (Å²) < 4.78 is 25.2. The molecule has 0 amide bonds. The molecule has 0 atom stereocenters. The fourth-order valence-corrected chi connectivity index (χ4v) is 2.15. The minimum atomic E-state index is -2.47. The highest BCUT2D eigenvalue weighted by Gasteiger charge is 2.16. The molecule has 0 fully saturated rings. The Morgan fingerprint density at radius 2 is 2.23 bits per heavy atom. The molecule has 5 heteroatoms. The summed E-state index contributed by atoms with van der Waals surface area (Å²) in [6.45, 7) is 1.64. The summed E-state index contributed by atoms with van der Waals surface area (Å²) >= 11 is 7.35. The highest BCUT2D eigenvalue weighted by molar-refractivity contribution is 14.1. The number of halogens is 4. The van der Waals surface area contributed by atoms with E-state index in [-0.39, 0.29) is 11.4 Å². The standard InChI is InChI=1S/C8H7ClF2IN/c1-4-2-5(3-9)13-8(12)6(4)7(10)11/h2,7H,3H2,1H3. The third kappa shape index (κ3) is 2.49. The molecule has 1 nitrogen and oxygen atoms in total. The van der Waals surface area contributed by atoms with Gasteiger partial charge < -0.3 is 0 Å². The molecule has 1 heterocycles. The Bertz CT molecular complexity index is 294. The average molecular weight is 318 g/mol. The minimum Gasteiger partial charge on any atom is -0.245 e. The highest BCUT2D eigenvalue weighted by Crippen LogP contribution is 2.27. The summed E-state index contributed by atoms with van der Waals surface area (Å²) in [7, 11) is 0. The quantitative estimate of drug-likeness (QED) is 0.461. The van der Waals surface area contributed by atoms with Crippen LogP contribution in [0.4, 0.5) is 8.78 Å². The first-order valence-electron chi connectivity index (χ1n) is 3.56. The normalized spacial score (nSPS) is 10.9. The van der Waals surface area contributed by atoms with Crippen molar-refractivity contribution in [3.8, 4) is 0 Å². The van der Waals surface area contributed by atoms with Crippen LogP contribution in [0.15, 0.2) is 6.07 Å². The van der Waals surface area contributed by atoms with Crippen molar-refractivity contribution in [1.82, 2.24) is 4.98 Å². The topological polar surface area (TPSA) is 12.9 Å². The van der Waals surface area contributed by atoms with E-state index in [0.717, 1.165) is 0 Å². The maximum atomic E-state index is 12.4. The van der Waals surface area contributed by atoms with Crippen LogP contribution in [0, 0.1) is 10.6 Å². The van der Waals surface area contributed by atoms with Gasteiger partial charge in [0.25, 0.3) is 6.43 Å². The largest absolute Gasteiger partial charge is 0.266 e. The zero-order chi connectivity index (χ0) is 10.0. The van der Waals surface area contributed by atoms with Crippen molar-refractivity contribution in [3.05, 3.63) is 26.6 Å². The van der Waals surface area contributed by atoms with Crippen molar-refractivity contribution in [3.63, 3.8) is 0 Å². The Hall–Kier alpha value is 0.0300. The lowest BCUT2D eigenvalue weighted by Crippen LogP contribution is -2.00. The van der Waals surface area contributed by atoms with Crippen molar-refractivity contribution in [2.24, 2.45) is 0 Å². The van der Waals surface area contributed by atoms with Gasteiger partial charge in [-0.1, -0.05) is 0 Å². The Kier molecular flexibility index (Phi) is 3.85. The number of aryl methyl sites for hydroxylation is 1. The number of hydrogen-bond acceptors (Lipinski definition) is 1. The van der Waals surface area contributed by atoms with Crippen LogP contribution >= 0.6 is 34.2 Å². The second kappa shape index (κ2) is 4.50. The fourth-order valence-electron chi connectivity index (χ4n) is 1.04. The molecule has 0 spiro atoms. The van der Waals surface area contributed by atoms with Crippen molar-refractivity contribution in [2.75, 3.05) is 0 Å². The predicted octanol–water partition coefficient (Wildman–Crippen LogP) is 3.67. The molecule has 1 rings (SSSR count). The van der Waals surface area contributed by atoms with Crippen LogP contribution in [0.3, 0.4) is 0 Å². The van der Waals surface area contributed by atoms with Crippen molar-refractivity contribution < 1.29 is 8.78 Å². The van der Waals surface area contributed by atoms with Gasteiger partial charge in [-0.15, -0.1) is 11.6 Å². The first kappa shape index (κ1) is 11.1. The highest BCUT2D eigenvalue weighted by atomic mass is 127. The molecule has 72 valence electrons. The number of rotatable bonds is 2. The number of aromatic nitrogens is 1. The van der Waals surface area contributed by atoms with E-state index in [2.05, 4.69) is 4.98 Å². The van der Waals surface area contributed by atoms with E-state index in [1.54, 1.807) is 35.6 Å². The summed E-state index contributed by atoms with van der Waals surface area (Å²) in [5.74, 6) is 0.250. The molecule has 0 unspecified atom stereocenters. The Morgan fingerprint density at radius 1 is 1.62 bits per heavy atom. The van der Waals surface area contributed by atoms with Crippen LogP contribution in [-0.2, 0) is 5.88 Å². The predicted molar refractivity (Wildman–Crippen MR) is 56.2 cm³/mol. The molecular formula is C8H7ClF2IN. The monoisotopic (exact) mass is 317 g/mol. The zero-order valence-electron chi connectivity index (χ0n) is 6.82. The molecule has 0 radical (unpaired) electrons. The van der Waals surface area contributed by atoms with Gasteiger partial charge in [-0.25, -0.2) is 13.8 Å². The van der Waals surface area contributed by atoms with Crippen LogP contribution in [0.1, 0.15) is 23.2 Å². The molecule has 0 bridgehead atoms. The molecule has 0 aliphatic carbocycles. The van der Waals surface area contributed by atoms with Gasteiger partial charge in [-0.2, -0.15) is 0 Å². The third-order valence-electron chi connectivity index (χ3n) is 1.63. The minimum absolute atomic E-state index is 0.00877. The SMILES string of the molecule is Cc1cc(CCl)nc(I)c1C(F)F. The molecule has 0 saturated carbocycles. The molecule has 0 saturated heterocycles. The smallest absolute Gasteiger partial charge is 0.245 e. The van der Waals surface area contributed by atoms with Crippen molar-refractivity contribution >= 4 is 34.2 Å². The van der Waals surface area contributed by atoms with Gasteiger partial charge in [0.2, 0.25) is 0 Å². The van der Waals surface area contributed by atoms with E-state index >= 15 is 0 Å². The van der Waals surface area contributed by atoms with Gasteiger partial charge in [0.05, 0.1) is 17.1 Å². The lowest BCUT2D eigenvalue weighted by atomic mass is 10.1. The van der Waals surface area contributed by atoms with Crippen LogP contribution in [0.5, 0.6) is 0 Å². The molecule has 0 aliphatic heterocycles. The molecule has 0 aromatic carbocycles. The molecule has 0 N–H and O–H groups in total. The van der Waals surface area contributed by atoms with Crippen molar-refractivity contribution in [1.29, 1.82) is 0 Å². The number of hydrogen-bond donors (Lipinski definition) is 0. The second-order valence-corrected chi connectivity index (χ2v) is 3.86. The van der Waals surface area contributed by atoms with Gasteiger partial charge in [-0.3, -0.25) is 0 Å². The Balaban J connectivity index is 3.23. The number of alkyl halides is 3. The molecule has 13 heavy (non-hydrogen) atoms. The molecular weight excluding hydrogens is 310 g/mol. The first-order valence-corrected chi connectivity index (χ1v) is 5.17. The van der Waals surface area contributed by atoms with Gasteiger partial charge in [0, 0.05) is 0 Å². The van der Waals surface area contributed by atoms with Gasteiger partial charge in [0.15, 0.2) is 0 Å². The van der Waals surface area contributed by atoms with Gasteiger partial charge >= 0.3 is 0 Å². The number of nitrogens with zero attached hydrogens (tertiary/aromatic N) is 1. The zero-order valence-corrected chi connectivity index (χ0v) is 9.73. The van der Waals surface area contributed by atoms with E-state index in [9.17, 15) is 8.78 Å². The van der Waals surface area contributed by atoms with Gasteiger partial charge in [-0.05, 0) is 41.1 Å². The fraction of sp³-hybridized carbons (Fsp3) is 0.375. The van der Waals surface area contributed by atoms with Crippen LogP contribution in [-0.4, -0.2) is 4.98 Å². The third-order valence-corrected chi connectivity index (χ3v) is 2.72. The summed E-state index contributed by atoms with van der Waals surface area (Å²) in [5.41, 5.74) is 1.19. The van der Waals surface area contributed by atoms with Crippen molar-refractivity contribution in [2.45, 2.75) is 19.2 Å². The summed E-state index contributed by atoms with van der Waals surface area (Å²) in [4.78, 5) is 3.95. The summed E-state index contributed by atoms with van der Waals surface area (Å²) in [6.07, 6.45) is -2.47. The lowest BCUT2D eigenvalue weighted by molar-refractivity contribution is 0.149. The maximum Gasteiger partial charge on any atom is 0.266 e. The Labute approximate surface area is 93.6 Å². The van der Waals surface area contributed by atoms with E-state index in [1.807, 2.05) is 0 Å². The molecule has 0 aliphatic rings. The number of pyridine rings is 1. The van der Waals surface area contributed by atoms with E-state index < -0.39 is 6.43 Å². The first-order chi connectivity index (χ1) is 6.06. The lowest BCUT2D eigenvalue weighted by Gasteiger charge is -2.08. The molecule has 1 aromatic rings. The second-order valence-electron chi connectivity index (χ2n) is 2.57. The Morgan fingerprint density at radius 3 is 2.62 bits per heavy atom. The van der Waals surface area contributed by atoms with E-state index in [1.165, 1.54) is 0 Å². The average Bonchev–Trinajstić information content (AvgIpc) is 2.02. The van der Waals surface area contributed by atoms with E-state index in [0.29, 0.717) is 15.0 Å². The maximum absolute atomic E-state index is 12.4. The summed E-state index contributed by atoms with van der Waals surface area (Å²) in [5, 5.41) is 0. The van der Waals surface area contributed by atoms with Crippen LogP contribution in [0.2, 0.25) is 0 Å². The van der Waals surface area contributed by atoms with E-state index in [4.69, 9.17) is 11.6 Å². The summed E-state index contributed by atoms with van der Waals surface area (Å²) in [6, 6.07) is 1.59. The molecule has 1 aromatic heterocycles.